The first-order chi connectivity index (χ1) is 9.48. The molecule has 0 aliphatic heterocycles. The number of hydrogen-bond acceptors (Lipinski definition) is 4. The summed E-state index contributed by atoms with van der Waals surface area (Å²) in [6.07, 6.45) is 1.54. The van der Waals surface area contributed by atoms with Crippen LogP contribution in [0.4, 0.5) is 10.1 Å². The number of halogens is 1. The molecule has 0 heterocycles. The Morgan fingerprint density at radius 2 is 2.05 bits per heavy atom. The van der Waals surface area contributed by atoms with Crippen molar-refractivity contribution >= 4 is 15.7 Å². The van der Waals surface area contributed by atoms with Crippen molar-refractivity contribution in [3.8, 4) is 5.75 Å². The van der Waals surface area contributed by atoms with Crippen molar-refractivity contribution in [3.63, 3.8) is 0 Å². The number of anilines is 1. The fourth-order valence-electron chi connectivity index (χ4n) is 1.64. The van der Waals surface area contributed by atoms with E-state index in [1.165, 1.54) is 25.3 Å². The Hall–Kier alpha value is -1.34. The summed E-state index contributed by atoms with van der Waals surface area (Å²) in [5.74, 6) is -0.502. The van der Waals surface area contributed by atoms with Gasteiger partial charge in [0, 0.05) is 6.07 Å². The summed E-state index contributed by atoms with van der Waals surface area (Å²) in [6, 6.07) is 3.85. The number of nitrogens with one attached hydrogen (secondary N) is 2. The quantitative estimate of drug-likeness (QED) is 0.684. The second-order valence-electron chi connectivity index (χ2n) is 4.37. The van der Waals surface area contributed by atoms with Gasteiger partial charge < -0.3 is 10.1 Å². The van der Waals surface area contributed by atoms with Gasteiger partial charge in [-0.05, 0) is 38.1 Å². The minimum absolute atomic E-state index is 0.00909. The van der Waals surface area contributed by atoms with Gasteiger partial charge in [0.05, 0.1) is 18.6 Å². The largest absolute Gasteiger partial charge is 0.494 e. The van der Waals surface area contributed by atoms with Crippen molar-refractivity contribution in [2.75, 3.05) is 30.7 Å². The molecule has 7 heteroatoms. The number of rotatable bonds is 9. The summed E-state index contributed by atoms with van der Waals surface area (Å²) in [5.41, 5.74) is 0.296. The molecule has 1 aromatic rings. The third-order valence-corrected chi connectivity index (χ3v) is 3.99. The van der Waals surface area contributed by atoms with E-state index in [4.69, 9.17) is 4.74 Å². The maximum Gasteiger partial charge on any atom is 0.232 e. The second kappa shape index (κ2) is 8.06. The molecule has 5 nitrogen and oxygen atoms in total. The molecule has 1 rings (SSSR count). The first kappa shape index (κ1) is 16.7. The summed E-state index contributed by atoms with van der Waals surface area (Å²) in [4.78, 5) is 0. The fraction of sp³-hybridized carbons (Fsp3) is 0.538. The molecular weight excluding hydrogens is 283 g/mol. The van der Waals surface area contributed by atoms with Crippen molar-refractivity contribution in [3.05, 3.63) is 24.0 Å². The predicted octanol–water partition coefficient (Wildman–Crippen LogP) is 1.97. The number of ether oxygens (including phenoxy) is 1. The standard InChI is InChI=1S/C13H21FN2O3S/c1-3-7-15-8-4-9-20(17,18)16-11-5-6-12(14)13(10-11)19-2/h5-6,10,15-16H,3-4,7-9H2,1-2H3. The number of methoxy groups -OCH3 is 1. The van der Waals surface area contributed by atoms with E-state index in [9.17, 15) is 12.8 Å². The molecule has 0 fully saturated rings. The van der Waals surface area contributed by atoms with Crippen LogP contribution < -0.4 is 14.8 Å². The van der Waals surface area contributed by atoms with E-state index < -0.39 is 15.8 Å². The Bertz CT molecular complexity index is 520. The normalized spacial score (nSPS) is 11.3. The maximum absolute atomic E-state index is 13.2. The average Bonchev–Trinajstić information content (AvgIpc) is 2.40. The number of hydrogen-bond donors (Lipinski definition) is 2. The maximum atomic E-state index is 13.2. The van der Waals surface area contributed by atoms with Gasteiger partial charge in [-0.3, -0.25) is 4.72 Å². The highest BCUT2D eigenvalue weighted by Crippen LogP contribution is 2.22. The molecule has 0 saturated carbocycles. The predicted molar refractivity (Wildman–Crippen MR) is 78.1 cm³/mol. The summed E-state index contributed by atoms with van der Waals surface area (Å²) in [6.45, 7) is 3.58. The van der Waals surface area contributed by atoms with E-state index in [1.54, 1.807) is 0 Å². The lowest BCUT2D eigenvalue weighted by Gasteiger charge is -2.10. The van der Waals surface area contributed by atoms with E-state index in [0.29, 0.717) is 18.7 Å². The third-order valence-electron chi connectivity index (χ3n) is 2.62. The third kappa shape index (κ3) is 5.75. The van der Waals surface area contributed by atoms with Gasteiger partial charge in [-0.15, -0.1) is 0 Å². The van der Waals surface area contributed by atoms with Gasteiger partial charge in [-0.1, -0.05) is 6.92 Å². The number of sulfonamides is 1. The molecule has 0 aliphatic rings. The molecule has 0 amide bonds. The highest BCUT2D eigenvalue weighted by Gasteiger charge is 2.11. The van der Waals surface area contributed by atoms with Gasteiger partial charge in [-0.25, -0.2) is 12.8 Å². The minimum Gasteiger partial charge on any atom is -0.494 e. The van der Waals surface area contributed by atoms with Crippen LogP contribution in [0.15, 0.2) is 18.2 Å². The highest BCUT2D eigenvalue weighted by atomic mass is 32.2. The van der Waals surface area contributed by atoms with Gasteiger partial charge in [0.25, 0.3) is 0 Å². The van der Waals surface area contributed by atoms with E-state index in [-0.39, 0.29) is 11.5 Å². The van der Waals surface area contributed by atoms with Gasteiger partial charge in [0.1, 0.15) is 0 Å². The SMILES string of the molecule is CCCNCCCS(=O)(=O)Nc1ccc(F)c(OC)c1. The Morgan fingerprint density at radius 3 is 2.70 bits per heavy atom. The van der Waals surface area contributed by atoms with Crippen LogP contribution in [0.1, 0.15) is 19.8 Å². The van der Waals surface area contributed by atoms with Crippen LogP contribution in [0.25, 0.3) is 0 Å². The fourth-order valence-corrected chi connectivity index (χ4v) is 2.76. The molecule has 0 radical (unpaired) electrons. The molecule has 0 atom stereocenters. The molecule has 0 spiro atoms. The second-order valence-corrected chi connectivity index (χ2v) is 6.22. The monoisotopic (exact) mass is 304 g/mol. The van der Waals surface area contributed by atoms with Crippen molar-refractivity contribution in [1.82, 2.24) is 5.32 Å². The topological polar surface area (TPSA) is 67.4 Å². The molecule has 0 aromatic heterocycles. The molecule has 0 unspecified atom stereocenters. The molecule has 2 N–H and O–H groups in total. The average molecular weight is 304 g/mol. The Balaban J connectivity index is 2.53. The van der Waals surface area contributed by atoms with Crippen LogP contribution in [0.5, 0.6) is 5.75 Å². The van der Waals surface area contributed by atoms with Crippen molar-refractivity contribution < 1.29 is 17.5 Å². The Kier molecular flexibility index (Phi) is 6.74. The molecule has 20 heavy (non-hydrogen) atoms. The van der Waals surface area contributed by atoms with Gasteiger partial charge in [0.2, 0.25) is 10.0 Å². The van der Waals surface area contributed by atoms with Crippen LogP contribution in [0, 0.1) is 5.82 Å². The Morgan fingerprint density at radius 1 is 1.30 bits per heavy atom. The zero-order valence-electron chi connectivity index (χ0n) is 11.8. The minimum atomic E-state index is -3.43. The van der Waals surface area contributed by atoms with Crippen LogP contribution in [-0.4, -0.2) is 34.4 Å². The van der Waals surface area contributed by atoms with Crippen LogP contribution in [0.3, 0.4) is 0 Å². The van der Waals surface area contributed by atoms with Crippen molar-refractivity contribution in [2.45, 2.75) is 19.8 Å². The van der Waals surface area contributed by atoms with E-state index >= 15 is 0 Å². The summed E-state index contributed by atoms with van der Waals surface area (Å²) < 4.78 is 44.1. The van der Waals surface area contributed by atoms with Gasteiger partial charge >= 0.3 is 0 Å². The van der Waals surface area contributed by atoms with Crippen LogP contribution in [-0.2, 0) is 10.0 Å². The van der Waals surface area contributed by atoms with E-state index in [2.05, 4.69) is 10.0 Å². The molecule has 114 valence electrons. The zero-order valence-corrected chi connectivity index (χ0v) is 12.6. The van der Waals surface area contributed by atoms with E-state index in [0.717, 1.165) is 13.0 Å². The lowest BCUT2D eigenvalue weighted by molar-refractivity contribution is 0.387. The molecular formula is C13H21FN2O3S. The van der Waals surface area contributed by atoms with Crippen LogP contribution in [0.2, 0.25) is 0 Å². The molecule has 0 saturated heterocycles. The Labute approximate surface area is 119 Å². The van der Waals surface area contributed by atoms with Gasteiger partial charge in [-0.2, -0.15) is 0 Å². The molecule has 1 aromatic carbocycles. The highest BCUT2D eigenvalue weighted by molar-refractivity contribution is 7.92. The van der Waals surface area contributed by atoms with Crippen LogP contribution >= 0.6 is 0 Å². The lowest BCUT2D eigenvalue weighted by atomic mass is 10.3. The van der Waals surface area contributed by atoms with Crippen molar-refractivity contribution in [1.29, 1.82) is 0 Å². The molecule has 0 bridgehead atoms. The first-order valence-corrected chi connectivity index (χ1v) is 8.18. The summed E-state index contributed by atoms with van der Waals surface area (Å²) in [7, 11) is -2.10. The smallest absolute Gasteiger partial charge is 0.232 e. The summed E-state index contributed by atoms with van der Waals surface area (Å²) >= 11 is 0. The zero-order chi connectivity index (χ0) is 15.0. The summed E-state index contributed by atoms with van der Waals surface area (Å²) in [5, 5.41) is 3.14. The van der Waals surface area contributed by atoms with E-state index in [1.807, 2.05) is 6.92 Å². The van der Waals surface area contributed by atoms with Crippen molar-refractivity contribution in [2.24, 2.45) is 0 Å². The molecule has 0 aliphatic carbocycles. The lowest BCUT2D eigenvalue weighted by Crippen LogP contribution is -2.22. The number of benzene rings is 1. The first-order valence-electron chi connectivity index (χ1n) is 6.53. The van der Waals surface area contributed by atoms with Gasteiger partial charge in [0.15, 0.2) is 11.6 Å².